The number of allylic oxidation sites excluding steroid dienone is 1. The molecule has 1 aliphatic heterocycles. The molecule has 0 bridgehead atoms. The zero-order chi connectivity index (χ0) is 27.5. The summed E-state index contributed by atoms with van der Waals surface area (Å²) in [5.74, 6) is 0.211. The molecule has 9 heteroatoms. The predicted molar refractivity (Wildman–Crippen MR) is 154 cm³/mol. The fraction of sp³-hybridized carbons (Fsp3) is 0.167. The second-order valence-electron chi connectivity index (χ2n) is 8.84. The lowest BCUT2D eigenvalue weighted by Crippen LogP contribution is -2.39. The van der Waals surface area contributed by atoms with Crippen molar-refractivity contribution >= 4 is 46.6 Å². The number of fused-ring (bicyclic) bond motifs is 1. The molecule has 4 aromatic rings. The zero-order valence-corrected chi connectivity index (χ0v) is 23.5. The minimum atomic E-state index is -0.677. The summed E-state index contributed by atoms with van der Waals surface area (Å²) in [6, 6.07) is 21.4. The lowest BCUT2D eigenvalue weighted by Gasteiger charge is -2.24. The molecule has 6 nitrogen and oxygen atoms in total. The van der Waals surface area contributed by atoms with Crippen molar-refractivity contribution in [2.24, 2.45) is 4.99 Å². The first kappa shape index (κ1) is 26.9. The Kier molecular flexibility index (Phi) is 8.02. The highest BCUT2D eigenvalue weighted by Gasteiger charge is 2.33. The molecule has 1 atom stereocenters. The third kappa shape index (κ3) is 5.86. The highest BCUT2D eigenvalue weighted by molar-refractivity contribution is 7.07. The molecule has 0 spiro atoms. The number of ether oxygens (including phenoxy) is 2. The fourth-order valence-electron chi connectivity index (χ4n) is 4.31. The van der Waals surface area contributed by atoms with Crippen LogP contribution in [0.15, 0.2) is 93.9 Å². The van der Waals surface area contributed by atoms with Crippen molar-refractivity contribution in [3.8, 4) is 5.75 Å². The van der Waals surface area contributed by atoms with Crippen LogP contribution in [0.25, 0.3) is 6.08 Å². The van der Waals surface area contributed by atoms with E-state index in [4.69, 9.17) is 32.7 Å². The topological polar surface area (TPSA) is 69.9 Å². The second kappa shape index (κ2) is 11.6. The molecule has 198 valence electrons. The standard InChI is InChI=1S/C30H24Cl2N2O4S/c1-3-37-29(36)26-18(2)33-30-34(27(26)21-8-12-23(32)13-9-21)28(35)25(39-30)16-19-6-14-24(15-7-19)38-17-20-4-10-22(31)11-5-20/h4-16,27H,3,17H2,1-2H3/b25-16-/t27-/m0/s1. The van der Waals surface area contributed by atoms with Crippen LogP contribution in [0.1, 0.15) is 36.6 Å². The normalized spacial score (nSPS) is 15.1. The Hall–Kier alpha value is -3.65. The highest BCUT2D eigenvalue weighted by atomic mass is 35.5. The summed E-state index contributed by atoms with van der Waals surface area (Å²) in [5, 5.41) is 1.24. The predicted octanol–water partition coefficient (Wildman–Crippen LogP) is 5.68. The van der Waals surface area contributed by atoms with E-state index in [0.717, 1.165) is 16.7 Å². The van der Waals surface area contributed by atoms with Crippen molar-refractivity contribution < 1.29 is 14.3 Å². The summed E-state index contributed by atoms with van der Waals surface area (Å²) in [7, 11) is 0. The van der Waals surface area contributed by atoms with E-state index in [-0.39, 0.29) is 12.2 Å². The van der Waals surface area contributed by atoms with Crippen LogP contribution in [0.3, 0.4) is 0 Å². The van der Waals surface area contributed by atoms with Crippen LogP contribution < -0.4 is 19.6 Å². The Bertz CT molecular complexity index is 1720. The first-order valence-electron chi connectivity index (χ1n) is 12.3. The number of hydrogen-bond acceptors (Lipinski definition) is 6. The molecule has 0 saturated carbocycles. The third-order valence-electron chi connectivity index (χ3n) is 6.20. The van der Waals surface area contributed by atoms with E-state index < -0.39 is 12.0 Å². The van der Waals surface area contributed by atoms with Gasteiger partial charge in [-0.3, -0.25) is 9.36 Å². The number of aromatic nitrogens is 1. The minimum absolute atomic E-state index is 0.215. The van der Waals surface area contributed by atoms with E-state index in [1.807, 2.05) is 66.7 Å². The number of carbonyl (C=O) groups excluding carboxylic acids is 1. The molecule has 5 rings (SSSR count). The Balaban J connectivity index is 1.48. The van der Waals surface area contributed by atoms with Crippen LogP contribution in [-0.2, 0) is 16.1 Å². The van der Waals surface area contributed by atoms with Gasteiger partial charge in [0.1, 0.15) is 12.4 Å². The summed E-state index contributed by atoms with van der Waals surface area (Å²) < 4.78 is 13.3. The second-order valence-corrected chi connectivity index (χ2v) is 10.7. The van der Waals surface area contributed by atoms with Gasteiger partial charge in [-0.1, -0.05) is 70.9 Å². The van der Waals surface area contributed by atoms with E-state index in [1.54, 1.807) is 30.5 Å². The van der Waals surface area contributed by atoms with Gasteiger partial charge in [0.25, 0.3) is 5.56 Å². The summed E-state index contributed by atoms with van der Waals surface area (Å²) in [4.78, 5) is 31.8. The number of rotatable bonds is 7. The number of thiazole rings is 1. The van der Waals surface area contributed by atoms with Gasteiger partial charge in [0.2, 0.25) is 0 Å². The van der Waals surface area contributed by atoms with E-state index in [9.17, 15) is 9.59 Å². The molecule has 0 fully saturated rings. The average Bonchev–Trinajstić information content (AvgIpc) is 3.23. The van der Waals surface area contributed by atoms with Gasteiger partial charge in [-0.05, 0) is 73.0 Å². The molecule has 2 heterocycles. The highest BCUT2D eigenvalue weighted by Crippen LogP contribution is 2.31. The van der Waals surface area contributed by atoms with Crippen LogP contribution >= 0.6 is 34.5 Å². The van der Waals surface area contributed by atoms with Crippen molar-refractivity contribution in [1.29, 1.82) is 0 Å². The minimum Gasteiger partial charge on any atom is -0.489 e. The monoisotopic (exact) mass is 578 g/mol. The molecular formula is C30H24Cl2N2O4S. The molecule has 3 aromatic carbocycles. The van der Waals surface area contributed by atoms with Gasteiger partial charge in [-0.2, -0.15) is 0 Å². The summed E-state index contributed by atoms with van der Waals surface area (Å²) in [6.45, 7) is 4.14. The van der Waals surface area contributed by atoms with Crippen LogP contribution in [0.4, 0.5) is 0 Å². The molecule has 0 radical (unpaired) electrons. The molecule has 0 saturated heterocycles. The largest absolute Gasteiger partial charge is 0.489 e. The summed E-state index contributed by atoms with van der Waals surface area (Å²) >= 11 is 13.3. The first-order chi connectivity index (χ1) is 18.8. The number of benzene rings is 3. The molecule has 0 aliphatic carbocycles. The number of hydrogen-bond donors (Lipinski definition) is 0. The van der Waals surface area contributed by atoms with E-state index in [0.29, 0.717) is 43.0 Å². The summed E-state index contributed by atoms with van der Waals surface area (Å²) in [5.41, 5.74) is 3.20. The zero-order valence-electron chi connectivity index (χ0n) is 21.2. The van der Waals surface area contributed by atoms with Crippen molar-refractivity contribution in [3.63, 3.8) is 0 Å². The van der Waals surface area contributed by atoms with Gasteiger partial charge >= 0.3 is 5.97 Å². The average molecular weight is 580 g/mol. The number of halogens is 2. The van der Waals surface area contributed by atoms with E-state index >= 15 is 0 Å². The number of esters is 1. The molecule has 1 aliphatic rings. The van der Waals surface area contributed by atoms with Gasteiger partial charge in [-0.25, -0.2) is 9.79 Å². The smallest absolute Gasteiger partial charge is 0.338 e. The van der Waals surface area contributed by atoms with Crippen LogP contribution in [0.5, 0.6) is 5.75 Å². The first-order valence-corrected chi connectivity index (χ1v) is 13.8. The van der Waals surface area contributed by atoms with Gasteiger partial charge in [0.05, 0.1) is 28.5 Å². The SMILES string of the molecule is CCOC(=O)C1=C(C)N=c2s/c(=C\c3ccc(OCc4ccc(Cl)cc4)cc3)c(=O)n2[C@H]1c1ccc(Cl)cc1. The van der Waals surface area contributed by atoms with Gasteiger partial charge in [0, 0.05) is 10.0 Å². The molecular weight excluding hydrogens is 555 g/mol. The maximum absolute atomic E-state index is 13.7. The molecule has 0 amide bonds. The molecule has 0 N–H and O–H groups in total. The van der Waals surface area contributed by atoms with E-state index in [2.05, 4.69) is 4.99 Å². The maximum atomic E-state index is 13.7. The number of nitrogens with zero attached hydrogens (tertiary/aromatic N) is 2. The van der Waals surface area contributed by atoms with E-state index in [1.165, 1.54) is 11.3 Å². The lowest BCUT2D eigenvalue weighted by atomic mass is 9.96. The molecule has 0 unspecified atom stereocenters. The fourth-order valence-corrected chi connectivity index (χ4v) is 5.61. The Morgan fingerprint density at radius 2 is 1.64 bits per heavy atom. The van der Waals surface area contributed by atoms with Crippen molar-refractivity contribution in [2.45, 2.75) is 26.5 Å². The van der Waals surface area contributed by atoms with Crippen LogP contribution in [-0.4, -0.2) is 17.1 Å². The van der Waals surface area contributed by atoms with Gasteiger partial charge in [-0.15, -0.1) is 0 Å². The van der Waals surface area contributed by atoms with Crippen molar-refractivity contribution in [2.75, 3.05) is 6.61 Å². The van der Waals surface area contributed by atoms with Gasteiger partial charge in [0.15, 0.2) is 4.80 Å². The molecule has 1 aromatic heterocycles. The number of carbonyl (C=O) groups is 1. The van der Waals surface area contributed by atoms with Crippen molar-refractivity contribution in [3.05, 3.63) is 130 Å². The van der Waals surface area contributed by atoms with Crippen molar-refractivity contribution in [1.82, 2.24) is 4.57 Å². The van der Waals surface area contributed by atoms with Gasteiger partial charge < -0.3 is 9.47 Å². The quantitative estimate of drug-likeness (QED) is 0.264. The third-order valence-corrected chi connectivity index (χ3v) is 7.69. The van der Waals surface area contributed by atoms with Crippen LogP contribution in [0.2, 0.25) is 10.0 Å². The Morgan fingerprint density at radius 3 is 2.28 bits per heavy atom. The Morgan fingerprint density at radius 1 is 1.00 bits per heavy atom. The van der Waals surface area contributed by atoms with Crippen LogP contribution in [0, 0.1) is 0 Å². The molecule has 39 heavy (non-hydrogen) atoms. The maximum Gasteiger partial charge on any atom is 0.338 e. The Labute approximate surface area is 239 Å². The lowest BCUT2D eigenvalue weighted by molar-refractivity contribution is -0.139. The summed E-state index contributed by atoms with van der Waals surface area (Å²) in [6.07, 6.45) is 1.81.